The Balaban J connectivity index is 1.03. The summed E-state index contributed by atoms with van der Waals surface area (Å²) in [4.78, 5) is 2.46. The van der Waals surface area contributed by atoms with E-state index in [1.54, 1.807) is 0 Å². The molecule has 0 atom stereocenters. The standard InChI is InChI=1S/C74H51N/c1-7-24-52(25-8-1)62-49-47-61(51-69(62)54-28-11-3-12-29-54)75(60-45-42-55(43-46-60)65-40-23-39-64(53-26-9-2-10-27-53)72(65)56-30-13-4-14-31-56)71-41-22-21-36-63(71)59-44-48-67-66-37-19-20-38-68(66)73(57-32-15-5-16-33-57)74(70(67)50-59)58-34-17-6-18-35-58/h1-51H. The minimum Gasteiger partial charge on any atom is -0.310 e. The first kappa shape index (κ1) is 45.1. The highest BCUT2D eigenvalue weighted by Crippen LogP contribution is 2.49. The molecule has 0 bridgehead atoms. The largest absolute Gasteiger partial charge is 0.310 e. The molecule has 0 aromatic heterocycles. The molecule has 75 heavy (non-hydrogen) atoms. The lowest BCUT2D eigenvalue weighted by atomic mass is 9.84. The van der Waals surface area contributed by atoms with Crippen molar-refractivity contribution in [1.29, 1.82) is 0 Å². The van der Waals surface area contributed by atoms with Crippen molar-refractivity contribution in [2.24, 2.45) is 0 Å². The van der Waals surface area contributed by atoms with Gasteiger partial charge in [0.25, 0.3) is 0 Å². The van der Waals surface area contributed by atoms with Crippen LogP contribution in [0.4, 0.5) is 17.1 Å². The van der Waals surface area contributed by atoms with Gasteiger partial charge in [-0.15, -0.1) is 0 Å². The molecule has 0 saturated heterocycles. The minimum atomic E-state index is 1.06. The zero-order valence-electron chi connectivity index (χ0n) is 41.4. The summed E-state index contributed by atoms with van der Waals surface area (Å²) in [5, 5.41) is 4.93. The summed E-state index contributed by atoms with van der Waals surface area (Å²) in [6, 6.07) is 113. The molecular weight excluding hydrogens is 903 g/mol. The maximum atomic E-state index is 2.46. The number of rotatable bonds is 11. The van der Waals surface area contributed by atoms with E-state index in [-0.39, 0.29) is 0 Å². The highest BCUT2D eigenvalue weighted by Gasteiger charge is 2.23. The quantitative estimate of drug-likeness (QED) is 0.117. The smallest absolute Gasteiger partial charge is 0.0540 e. The first-order valence-electron chi connectivity index (χ1n) is 25.8. The van der Waals surface area contributed by atoms with Gasteiger partial charge in [-0.25, -0.2) is 0 Å². The molecule has 0 spiro atoms. The highest BCUT2D eigenvalue weighted by molar-refractivity contribution is 6.22. The van der Waals surface area contributed by atoms with E-state index in [1.165, 1.54) is 88.3 Å². The molecule has 0 aliphatic heterocycles. The summed E-state index contributed by atoms with van der Waals surface area (Å²) in [5.41, 5.74) is 22.2. The van der Waals surface area contributed by atoms with Gasteiger partial charge in [-0.1, -0.05) is 273 Å². The van der Waals surface area contributed by atoms with E-state index in [4.69, 9.17) is 0 Å². The van der Waals surface area contributed by atoms with E-state index < -0.39 is 0 Å². The van der Waals surface area contributed by atoms with Crippen LogP contribution >= 0.6 is 0 Å². The molecule has 0 radical (unpaired) electrons. The first-order chi connectivity index (χ1) is 37.2. The Kier molecular flexibility index (Phi) is 12.0. The van der Waals surface area contributed by atoms with Gasteiger partial charge in [-0.3, -0.25) is 0 Å². The Morgan fingerprint density at radius 1 is 0.173 bits per heavy atom. The molecule has 13 aromatic carbocycles. The Bertz CT molecular complexity index is 4110. The van der Waals surface area contributed by atoms with Crippen LogP contribution in [0.3, 0.4) is 0 Å². The zero-order chi connectivity index (χ0) is 49.9. The van der Waals surface area contributed by atoms with Gasteiger partial charge in [-0.2, -0.15) is 0 Å². The molecule has 1 nitrogen and oxygen atoms in total. The molecule has 13 rings (SSSR count). The van der Waals surface area contributed by atoms with Crippen LogP contribution in [0.2, 0.25) is 0 Å². The Morgan fingerprint density at radius 3 is 1.13 bits per heavy atom. The van der Waals surface area contributed by atoms with Crippen LogP contribution in [0, 0.1) is 0 Å². The van der Waals surface area contributed by atoms with Gasteiger partial charge in [0.2, 0.25) is 0 Å². The molecule has 0 unspecified atom stereocenters. The van der Waals surface area contributed by atoms with E-state index >= 15 is 0 Å². The Morgan fingerprint density at radius 2 is 0.560 bits per heavy atom. The third kappa shape index (κ3) is 8.57. The van der Waals surface area contributed by atoms with Gasteiger partial charge in [-0.05, 0) is 141 Å². The van der Waals surface area contributed by atoms with Crippen LogP contribution in [0.5, 0.6) is 0 Å². The lowest BCUT2D eigenvalue weighted by Crippen LogP contribution is -2.11. The van der Waals surface area contributed by atoms with Crippen LogP contribution in [0.15, 0.2) is 309 Å². The van der Waals surface area contributed by atoms with Crippen LogP contribution in [0.25, 0.3) is 111 Å². The molecule has 0 amide bonds. The molecule has 0 saturated carbocycles. The number of para-hydroxylation sites is 1. The van der Waals surface area contributed by atoms with Crippen LogP contribution < -0.4 is 4.90 Å². The topological polar surface area (TPSA) is 3.24 Å². The molecular formula is C74H51N. The summed E-state index contributed by atoms with van der Waals surface area (Å²) in [6.07, 6.45) is 0. The maximum absolute atomic E-state index is 2.46. The van der Waals surface area contributed by atoms with Gasteiger partial charge >= 0.3 is 0 Å². The number of nitrogens with zero attached hydrogens (tertiary/aromatic N) is 1. The predicted octanol–water partition coefficient (Wildman–Crippen LogP) is 20.8. The Hall–Kier alpha value is -9.82. The fourth-order valence-corrected chi connectivity index (χ4v) is 11.3. The monoisotopic (exact) mass is 953 g/mol. The lowest BCUT2D eigenvalue weighted by Gasteiger charge is -2.29. The van der Waals surface area contributed by atoms with Gasteiger partial charge in [0, 0.05) is 16.9 Å². The van der Waals surface area contributed by atoms with E-state index in [2.05, 4.69) is 314 Å². The van der Waals surface area contributed by atoms with Gasteiger partial charge in [0.15, 0.2) is 0 Å². The normalized spacial score (nSPS) is 11.2. The third-order valence-corrected chi connectivity index (χ3v) is 14.7. The fourth-order valence-electron chi connectivity index (χ4n) is 11.3. The van der Waals surface area contributed by atoms with Crippen molar-refractivity contribution in [2.75, 3.05) is 4.90 Å². The van der Waals surface area contributed by atoms with Crippen LogP contribution in [-0.4, -0.2) is 0 Å². The summed E-state index contributed by atoms with van der Waals surface area (Å²) in [5.74, 6) is 0. The van der Waals surface area contributed by atoms with Crippen molar-refractivity contribution in [3.05, 3.63) is 309 Å². The average molecular weight is 954 g/mol. The number of anilines is 3. The zero-order valence-corrected chi connectivity index (χ0v) is 41.4. The molecule has 0 aliphatic rings. The van der Waals surface area contributed by atoms with Gasteiger partial charge < -0.3 is 4.90 Å². The number of hydrogen-bond donors (Lipinski definition) is 0. The number of benzene rings is 13. The summed E-state index contributed by atoms with van der Waals surface area (Å²) < 4.78 is 0. The maximum Gasteiger partial charge on any atom is 0.0540 e. The van der Waals surface area contributed by atoms with Crippen molar-refractivity contribution < 1.29 is 0 Å². The SMILES string of the molecule is c1ccc(-c2ccc(N(c3ccc(-c4cccc(-c5ccccc5)c4-c4ccccc4)cc3)c3ccccc3-c3ccc4c(c3)c(-c3ccccc3)c(-c3ccccc3)c3ccccc34)cc2-c2ccccc2)cc1. The molecule has 1 heteroatoms. The van der Waals surface area contributed by atoms with Gasteiger partial charge in [0.1, 0.15) is 0 Å². The molecule has 0 fully saturated rings. The first-order valence-corrected chi connectivity index (χ1v) is 25.8. The Labute approximate surface area is 439 Å². The number of fused-ring (bicyclic) bond motifs is 3. The van der Waals surface area contributed by atoms with Gasteiger partial charge in [0.05, 0.1) is 5.69 Å². The molecule has 13 aromatic rings. The minimum absolute atomic E-state index is 1.06. The second kappa shape index (κ2) is 20.0. The summed E-state index contributed by atoms with van der Waals surface area (Å²) in [6.45, 7) is 0. The second-order valence-corrected chi connectivity index (χ2v) is 19.1. The fraction of sp³-hybridized carbons (Fsp3) is 0. The summed E-state index contributed by atoms with van der Waals surface area (Å²) in [7, 11) is 0. The lowest BCUT2D eigenvalue weighted by molar-refractivity contribution is 1.28. The van der Waals surface area contributed by atoms with Crippen molar-refractivity contribution in [1.82, 2.24) is 0 Å². The van der Waals surface area contributed by atoms with Crippen LogP contribution in [-0.2, 0) is 0 Å². The average Bonchev–Trinajstić information content (AvgIpc) is 3.51. The van der Waals surface area contributed by atoms with Crippen molar-refractivity contribution in [3.8, 4) is 89.0 Å². The molecule has 0 heterocycles. The summed E-state index contributed by atoms with van der Waals surface area (Å²) >= 11 is 0. The van der Waals surface area contributed by atoms with E-state index in [1.807, 2.05) is 0 Å². The highest BCUT2D eigenvalue weighted by atomic mass is 15.1. The molecule has 0 aliphatic carbocycles. The van der Waals surface area contributed by atoms with E-state index in [9.17, 15) is 0 Å². The third-order valence-electron chi connectivity index (χ3n) is 14.7. The van der Waals surface area contributed by atoms with E-state index in [0.29, 0.717) is 0 Å². The van der Waals surface area contributed by atoms with Crippen molar-refractivity contribution >= 4 is 38.6 Å². The predicted molar refractivity (Wildman–Crippen MR) is 320 cm³/mol. The molecule has 0 N–H and O–H groups in total. The second-order valence-electron chi connectivity index (χ2n) is 19.1. The van der Waals surface area contributed by atoms with Crippen molar-refractivity contribution in [3.63, 3.8) is 0 Å². The van der Waals surface area contributed by atoms with E-state index in [0.717, 1.165) is 39.3 Å². The van der Waals surface area contributed by atoms with Crippen molar-refractivity contribution in [2.45, 2.75) is 0 Å². The number of hydrogen-bond acceptors (Lipinski definition) is 1. The molecule has 352 valence electrons. The van der Waals surface area contributed by atoms with Crippen LogP contribution in [0.1, 0.15) is 0 Å².